The first-order valence-corrected chi connectivity index (χ1v) is 9.56. The quantitative estimate of drug-likeness (QED) is 0.551. The molecule has 0 saturated heterocycles. The SMILES string of the molecule is Cc1cc(Cl)cnc1C(=O)Nc1ccc(Cl)c([C@@](CF)(NC(N)=O)[C@H]2C[C@H]2N)c1. The fourth-order valence-corrected chi connectivity index (χ4v) is 3.98. The molecule has 154 valence electrons. The number of primary amides is 1. The number of aromatic nitrogens is 1. The predicted molar refractivity (Wildman–Crippen MR) is 110 cm³/mol. The summed E-state index contributed by atoms with van der Waals surface area (Å²) in [6, 6.07) is 5.01. The van der Waals surface area contributed by atoms with Gasteiger partial charge in [-0.05, 0) is 43.2 Å². The van der Waals surface area contributed by atoms with Crippen LogP contribution >= 0.6 is 23.2 Å². The Morgan fingerprint density at radius 1 is 1.34 bits per heavy atom. The fraction of sp³-hybridized carbons (Fsp3) is 0.316. The molecule has 1 aromatic carbocycles. The lowest BCUT2D eigenvalue weighted by molar-refractivity contribution is 0.102. The minimum Gasteiger partial charge on any atom is -0.352 e. The summed E-state index contributed by atoms with van der Waals surface area (Å²) >= 11 is 12.2. The highest BCUT2D eigenvalue weighted by molar-refractivity contribution is 6.31. The molecule has 3 rings (SSSR count). The van der Waals surface area contributed by atoms with Gasteiger partial charge in [0, 0.05) is 34.4 Å². The maximum atomic E-state index is 14.3. The van der Waals surface area contributed by atoms with Crippen molar-refractivity contribution in [2.75, 3.05) is 12.0 Å². The average molecular weight is 440 g/mol. The predicted octanol–water partition coefficient (Wildman–Crippen LogP) is 3.13. The fourth-order valence-electron chi connectivity index (χ4n) is 3.48. The number of rotatable bonds is 6. The van der Waals surface area contributed by atoms with Crippen molar-refractivity contribution in [2.24, 2.45) is 17.4 Å². The molecule has 1 fully saturated rings. The third-order valence-electron chi connectivity index (χ3n) is 4.99. The van der Waals surface area contributed by atoms with Gasteiger partial charge in [0.15, 0.2) is 0 Å². The summed E-state index contributed by atoms with van der Waals surface area (Å²) in [5, 5.41) is 5.82. The standard InChI is InChI=1S/C19H20Cl2FN5O2/c1-9-4-10(20)7-25-16(9)17(28)26-11-2-3-14(21)12(5-11)19(8-22,27-18(24)29)13-6-15(13)23/h2-5,7,13,15H,6,8,23H2,1H3,(H,26,28)(H3,24,27,29)/t13-,15+,19+/m0/s1. The van der Waals surface area contributed by atoms with Gasteiger partial charge in [-0.25, -0.2) is 14.2 Å². The highest BCUT2D eigenvalue weighted by Gasteiger charge is 2.54. The smallest absolute Gasteiger partial charge is 0.312 e. The van der Waals surface area contributed by atoms with Crippen molar-refractivity contribution in [1.29, 1.82) is 0 Å². The van der Waals surface area contributed by atoms with Crippen molar-refractivity contribution in [3.05, 3.63) is 57.3 Å². The van der Waals surface area contributed by atoms with Crippen LogP contribution < -0.4 is 22.1 Å². The van der Waals surface area contributed by atoms with E-state index in [-0.39, 0.29) is 28.2 Å². The zero-order chi connectivity index (χ0) is 21.3. The molecular weight excluding hydrogens is 420 g/mol. The monoisotopic (exact) mass is 439 g/mol. The molecule has 1 heterocycles. The van der Waals surface area contributed by atoms with Crippen molar-refractivity contribution in [3.8, 4) is 0 Å². The molecule has 0 unspecified atom stereocenters. The second-order valence-corrected chi connectivity index (χ2v) is 7.91. The highest BCUT2D eigenvalue weighted by Crippen LogP contribution is 2.47. The van der Waals surface area contributed by atoms with Crippen LogP contribution in [0.15, 0.2) is 30.5 Å². The first-order valence-electron chi connectivity index (χ1n) is 8.80. The Balaban J connectivity index is 1.96. The number of anilines is 1. The largest absolute Gasteiger partial charge is 0.352 e. The van der Waals surface area contributed by atoms with E-state index < -0.39 is 24.2 Å². The van der Waals surface area contributed by atoms with Crippen LogP contribution in [0.2, 0.25) is 10.0 Å². The molecule has 7 nitrogen and oxygen atoms in total. The van der Waals surface area contributed by atoms with E-state index in [1.54, 1.807) is 19.1 Å². The van der Waals surface area contributed by atoms with Crippen LogP contribution in [0.1, 0.15) is 28.0 Å². The Morgan fingerprint density at radius 2 is 2.03 bits per heavy atom. The minimum absolute atomic E-state index is 0.196. The second-order valence-electron chi connectivity index (χ2n) is 7.07. The molecule has 0 radical (unpaired) electrons. The number of nitrogens with one attached hydrogen (secondary N) is 2. The number of urea groups is 1. The number of hydrogen-bond acceptors (Lipinski definition) is 4. The maximum absolute atomic E-state index is 14.3. The lowest BCUT2D eigenvalue weighted by Gasteiger charge is -2.33. The van der Waals surface area contributed by atoms with Crippen LogP contribution in [0.3, 0.4) is 0 Å². The number of benzene rings is 1. The van der Waals surface area contributed by atoms with E-state index in [9.17, 15) is 14.0 Å². The number of carbonyl (C=O) groups excluding carboxylic acids is 2. The van der Waals surface area contributed by atoms with Crippen LogP contribution in [-0.4, -0.2) is 29.6 Å². The van der Waals surface area contributed by atoms with Gasteiger partial charge in [0.05, 0.1) is 5.02 Å². The van der Waals surface area contributed by atoms with Gasteiger partial charge in [0.25, 0.3) is 5.91 Å². The average Bonchev–Trinajstić information content (AvgIpc) is 3.38. The third kappa shape index (κ3) is 4.29. The Kier molecular flexibility index (Phi) is 5.97. The van der Waals surface area contributed by atoms with Crippen molar-refractivity contribution >= 4 is 40.8 Å². The molecule has 10 heteroatoms. The molecule has 29 heavy (non-hydrogen) atoms. The van der Waals surface area contributed by atoms with Gasteiger partial charge in [0.1, 0.15) is 17.9 Å². The first-order chi connectivity index (χ1) is 13.7. The van der Waals surface area contributed by atoms with Gasteiger partial charge in [-0.3, -0.25) is 4.79 Å². The van der Waals surface area contributed by atoms with Gasteiger partial charge < -0.3 is 22.1 Å². The molecule has 0 aliphatic heterocycles. The zero-order valence-corrected chi connectivity index (χ0v) is 17.0. The van der Waals surface area contributed by atoms with E-state index in [0.717, 1.165) is 0 Å². The van der Waals surface area contributed by atoms with E-state index >= 15 is 0 Å². The minimum atomic E-state index is -1.47. The highest BCUT2D eigenvalue weighted by atomic mass is 35.5. The van der Waals surface area contributed by atoms with Gasteiger partial charge in [-0.1, -0.05) is 23.2 Å². The third-order valence-corrected chi connectivity index (χ3v) is 5.53. The Morgan fingerprint density at radius 3 is 2.59 bits per heavy atom. The maximum Gasteiger partial charge on any atom is 0.312 e. The van der Waals surface area contributed by atoms with Gasteiger partial charge in [0.2, 0.25) is 0 Å². The van der Waals surface area contributed by atoms with E-state index in [4.69, 9.17) is 34.7 Å². The molecular formula is C19H20Cl2FN5O2. The van der Waals surface area contributed by atoms with E-state index in [2.05, 4.69) is 15.6 Å². The molecule has 1 aromatic heterocycles. The van der Waals surface area contributed by atoms with Crippen LogP contribution in [0, 0.1) is 12.8 Å². The molecule has 2 aromatic rings. The lowest BCUT2D eigenvalue weighted by Crippen LogP contribution is -2.52. The number of hydrogen-bond donors (Lipinski definition) is 4. The van der Waals surface area contributed by atoms with Crippen molar-refractivity contribution < 1.29 is 14.0 Å². The molecule has 3 amide bonds. The molecule has 6 N–H and O–H groups in total. The number of nitrogens with zero attached hydrogens (tertiary/aromatic N) is 1. The summed E-state index contributed by atoms with van der Waals surface area (Å²) in [5.74, 6) is -0.840. The van der Waals surface area contributed by atoms with Crippen LogP contribution in [0.4, 0.5) is 14.9 Å². The summed E-state index contributed by atoms with van der Waals surface area (Å²) in [7, 11) is 0. The number of carbonyl (C=O) groups is 2. The molecule has 1 aliphatic carbocycles. The molecule has 3 atom stereocenters. The first kappa shape index (κ1) is 21.3. The summed E-state index contributed by atoms with van der Waals surface area (Å²) in [5.41, 5.74) is 11.2. The van der Waals surface area contributed by atoms with Gasteiger partial charge >= 0.3 is 6.03 Å². The number of halogens is 3. The number of nitrogens with two attached hydrogens (primary N) is 2. The summed E-state index contributed by atoms with van der Waals surface area (Å²) in [4.78, 5) is 28.2. The van der Waals surface area contributed by atoms with E-state index in [0.29, 0.717) is 22.7 Å². The number of alkyl halides is 1. The zero-order valence-electron chi connectivity index (χ0n) is 15.5. The van der Waals surface area contributed by atoms with E-state index in [1.165, 1.54) is 18.3 Å². The summed E-state index contributed by atoms with van der Waals surface area (Å²) in [6.07, 6.45) is 1.88. The Hall–Kier alpha value is -2.42. The van der Waals surface area contributed by atoms with Crippen molar-refractivity contribution in [2.45, 2.75) is 24.9 Å². The lowest BCUT2D eigenvalue weighted by atomic mass is 9.85. The molecule has 0 bridgehead atoms. The van der Waals surface area contributed by atoms with Gasteiger partial charge in [-0.15, -0.1) is 0 Å². The van der Waals surface area contributed by atoms with E-state index in [1.807, 2.05) is 0 Å². The Bertz CT molecular complexity index is 974. The van der Waals surface area contributed by atoms with Crippen molar-refractivity contribution in [1.82, 2.24) is 10.3 Å². The number of aryl methyl sites for hydroxylation is 1. The van der Waals surface area contributed by atoms with Crippen LogP contribution in [-0.2, 0) is 5.54 Å². The second kappa shape index (κ2) is 8.14. The Labute approximate surface area is 176 Å². The number of amides is 3. The van der Waals surface area contributed by atoms with Crippen molar-refractivity contribution in [3.63, 3.8) is 0 Å². The molecule has 1 aliphatic rings. The topological polar surface area (TPSA) is 123 Å². The molecule has 1 saturated carbocycles. The normalized spacial score (nSPS) is 19.9. The summed E-state index contributed by atoms with van der Waals surface area (Å²) in [6.45, 7) is 0.754. The van der Waals surface area contributed by atoms with Crippen LogP contribution in [0.5, 0.6) is 0 Å². The number of pyridine rings is 1. The van der Waals surface area contributed by atoms with Crippen LogP contribution in [0.25, 0.3) is 0 Å². The van der Waals surface area contributed by atoms with Gasteiger partial charge in [-0.2, -0.15) is 0 Å². The molecule has 0 spiro atoms. The summed E-state index contributed by atoms with van der Waals surface area (Å²) < 4.78 is 14.3.